The van der Waals surface area contributed by atoms with E-state index in [9.17, 15) is 4.79 Å². The van der Waals surface area contributed by atoms with E-state index in [-0.39, 0.29) is 5.78 Å². The standard InChI is InChI=1S/C25H23BrO4/c1-3-29-25-16-18(6-14-23(27)20-8-12-22(28-2)13-9-20)7-15-24(25)30-17-19-4-10-21(26)11-5-19/h4-16H,3,17H2,1-2H3/b14-6+. The molecule has 0 aliphatic heterocycles. The van der Waals surface area contributed by atoms with Gasteiger partial charge in [0.05, 0.1) is 13.7 Å². The van der Waals surface area contributed by atoms with E-state index in [1.54, 1.807) is 43.5 Å². The molecule has 4 nitrogen and oxygen atoms in total. The van der Waals surface area contributed by atoms with Crippen LogP contribution in [0.4, 0.5) is 0 Å². The largest absolute Gasteiger partial charge is 0.497 e. The minimum Gasteiger partial charge on any atom is -0.497 e. The Hall–Kier alpha value is -3.05. The molecule has 0 aliphatic rings. The number of allylic oxidation sites excluding steroid dienone is 1. The van der Waals surface area contributed by atoms with Crippen LogP contribution in [0.25, 0.3) is 6.08 Å². The molecule has 0 heterocycles. The molecule has 0 aromatic heterocycles. The van der Waals surface area contributed by atoms with Crippen LogP contribution in [0.1, 0.15) is 28.4 Å². The van der Waals surface area contributed by atoms with Gasteiger partial charge in [-0.2, -0.15) is 0 Å². The third-order valence-electron chi connectivity index (χ3n) is 4.38. The molecule has 0 amide bonds. The lowest BCUT2D eigenvalue weighted by Crippen LogP contribution is -2.00. The lowest BCUT2D eigenvalue weighted by molar-refractivity contribution is 0.104. The van der Waals surface area contributed by atoms with Crippen LogP contribution < -0.4 is 14.2 Å². The second-order valence-electron chi connectivity index (χ2n) is 6.48. The Balaban J connectivity index is 1.70. The Kier molecular flexibility index (Phi) is 7.69. The summed E-state index contributed by atoms with van der Waals surface area (Å²) in [6, 6.07) is 20.6. The third-order valence-corrected chi connectivity index (χ3v) is 4.91. The number of hydrogen-bond donors (Lipinski definition) is 0. The molecule has 30 heavy (non-hydrogen) atoms. The van der Waals surface area contributed by atoms with E-state index in [2.05, 4.69) is 15.9 Å². The van der Waals surface area contributed by atoms with Crippen LogP contribution in [0.3, 0.4) is 0 Å². The smallest absolute Gasteiger partial charge is 0.185 e. The Bertz CT molecular complexity index is 1010. The molecule has 3 rings (SSSR count). The molecule has 0 atom stereocenters. The molecule has 0 spiro atoms. The van der Waals surface area contributed by atoms with Crippen molar-refractivity contribution >= 4 is 27.8 Å². The highest BCUT2D eigenvalue weighted by atomic mass is 79.9. The number of ketones is 1. The summed E-state index contributed by atoms with van der Waals surface area (Å²) in [7, 11) is 1.60. The average molecular weight is 467 g/mol. The summed E-state index contributed by atoms with van der Waals surface area (Å²) in [6.45, 7) is 2.89. The molecule has 0 fully saturated rings. The summed E-state index contributed by atoms with van der Waals surface area (Å²) < 4.78 is 17.8. The molecular weight excluding hydrogens is 444 g/mol. The summed E-state index contributed by atoms with van der Waals surface area (Å²) in [5.41, 5.74) is 2.53. The maximum Gasteiger partial charge on any atom is 0.185 e. The lowest BCUT2D eigenvalue weighted by atomic mass is 10.1. The molecule has 3 aromatic carbocycles. The average Bonchev–Trinajstić information content (AvgIpc) is 2.78. The van der Waals surface area contributed by atoms with E-state index in [0.29, 0.717) is 30.3 Å². The SMILES string of the molecule is CCOc1cc(/C=C/C(=O)c2ccc(OC)cc2)ccc1OCc1ccc(Br)cc1. The Morgan fingerprint density at radius 2 is 1.67 bits per heavy atom. The number of methoxy groups -OCH3 is 1. The van der Waals surface area contributed by atoms with Crippen LogP contribution in [0, 0.1) is 0 Å². The van der Waals surface area contributed by atoms with Gasteiger partial charge in [-0.05, 0) is 72.7 Å². The first kappa shape index (κ1) is 21.7. The van der Waals surface area contributed by atoms with Gasteiger partial charge in [-0.15, -0.1) is 0 Å². The van der Waals surface area contributed by atoms with Gasteiger partial charge in [-0.1, -0.05) is 40.2 Å². The van der Waals surface area contributed by atoms with E-state index in [1.165, 1.54) is 0 Å². The van der Waals surface area contributed by atoms with E-state index in [0.717, 1.165) is 21.3 Å². The van der Waals surface area contributed by atoms with Gasteiger partial charge in [-0.25, -0.2) is 0 Å². The Labute approximate surface area is 185 Å². The fourth-order valence-corrected chi connectivity index (χ4v) is 3.05. The zero-order chi connectivity index (χ0) is 21.3. The van der Waals surface area contributed by atoms with Crippen LogP contribution in [-0.4, -0.2) is 19.5 Å². The van der Waals surface area contributed by atoms with Crippen molar-refractivity contribution in [3.63, 3.8) is 0 Å². The van der Waals surface area contributed by atoms with Crippen LogP contribution in [0.5, 0.6) is 17.2 Å². The Morgan fingerprint density at radius 1 is 0.933 bits per heavy atom. The van der Waals surface area contributed by atoms with Crippen molar-refractivity contribution in [3.05, 3.63) is 94.0 Å². The predicted octanol–water partition coefficient (Wildman–Crippen LogP) is 6.33. The maximum atomic E-state index is 12.4. The predicted molar refractivity (Wildman–Crippen MR) is 122 cm³/mol. The second kappa shape index (κ2) is 10.6. The van der Waals surface area contributed by atoms with Gasteiger partial charge in [0.25, 0.3) is 0 Å². The highest BCUT2D eigenvalue weighted by Crippen LogP contribution is 2.30. The quantitative estimate of drug-likeness (QED) is 0.273. The van der Waals surface area contributed by atoms with E-state index in [4.69, 9.17) is 14.2 Å². The molecule has 0 saturated carbocycles. The second-order valence-corrected chi connectivity index (χ2v) is 7.40. The van der Waals surface area contributed by atoms with Gasteiger partial charge in [0, 0.05) is 10.0 Å². The molecular formula is C25H23BrO4. The summed E-state index contributed by atoms with van der Waals surface area (Å²) in [5.74, 6) is 1.95. The van der Waals surface area contributed by atoms with Crippen molar-refractivity contribution in [2.45, 2.75) is 13.5 Å². The number of halogens is 1. The van der Waals surface area contributed by atoms with Gasteiger partial charge in [0.2, 0.25) is 0 Å². The van der Waals surface area contributed by atoms with Crippen molar-refractivity contribution in [2.75, 3.05) is 13.7 Å². The molecule has 3 aromatic rings. The van der Waals surface area contributed by atoms with Gasteiger partial charge >= 0.3 is 0 Å². The number of ether oxygens (including phenoxy) is 3. The molecule has 154 valence electrons. The number of benzene rings is 3. The van der Waals surface area contributed by atoms with Gasteiger partial charge in [0.15, 0.2) is 17.3 Å². The van der Waals surface area contributed by atoms with E-state index < -0.39 is 0 Å². The summed E-state index contributed by atoms with van der Waals surface area (Å²) in [5, 5.41) is 0. The highest BCUT2D eigenvalue weighted by molar-refractivity contribution is 9.10. The van der Waals surface area contributed by atoms with Gasteiger partial charge in [0.1, 0.15) is 12.4 Å². The van der Waals surface area contributed by atoms with Crippen molar-refractivity contribution in [2.24, 2.45) is 0 Å². The number of carbonyl (C=O) groups excluding carboxylic acids is 1. The summed E-state index contributed by atoms with van der Waals surface area (Å²) in [6.07, 6.45) is 3.32. The zero-order valence-electron chi connectivity index (χ0n) is 16.9. The normalized spacial score (nSPS) is 10.8. The lowest BCUT2D eigenvalue weighted by Gasteiger charge is -2.13. The van der Waals surface area contributed by atoms with Crippen molar-refractivity contribution in [3.8, 4) is 17.2 Å². The number of rotatable bonds is 9. The summed E-state index contributed by atoms with van der Waals surface area (Å²) in [4.78, 5) is 12.4. The fraction of sp³-hybridized carbons (Fsp3) is 0.160. The Morgan fingerprint density at radius 3 is 2.33 bits per heavy atom. The first-order valence-corrected chi connectivity index (χ1v) is 10.4. The van der Waals surface area contributed by atoms with Gasteiger partial charge < -0.3 is 14.2 Å². The van der Waals surface area contributed by atoms with Crippen LogP contribution >= 0.6 is 15.9 Å². The first-order chi connectivity index (χ1) is 14.6. The van der Waals surface area contributed by atoms with Crippen LogP contribution in [-0.2, 0) is 6.61 Å². The molecule has 0 aliphatic carbocycles. The minimum absolute atomic E-state index is 0.0776. The molecule has 0 unspecified atom stereocenters. The van der Waals surface area contributed by atoms with Crippen molar-refractivity contribution < 1.29 is 19.0 Å². The van der Waals surface area contributed by atoms with Crippen LogP contribution in [0.15, 0.2) is 77.3 Å². The summed E-state index contributed by atoms with van der Waals surface area (Å²) >= 11 is 3.43. The van der Waals surface area contributed by atoms with Crippen molar-refractivity contribution in [1.29, 1.82) is 0 Å². The van der Waals surface area contributed by atoms with Gasteiger partial charge in [-0.3, -0.25) is 4.79 Å². The molecule has 0 bridgehead atoms. The van der Waals surface area contributed by atoms with Crippen molar-refractivity contribution in [1.82, 2.24) is 0 Å². The monoisotopic (exact) mass is 466 g/mol. The first-order valence-electron chi connectivity index (χ1n) is 9.59. The zero-order valence-corrected chi connectivity index (χ0v) is 18.5. The van der Waals surface area contributed by atoms with E-state index >= 15 is 0 Å². The molecule has 0 radical (unpaired) electrons. The number of hydrogen-bond acceptors (Lipinski definition) is 4. The highest BCUT2D eigenvalue weighted by Gasteiger charge is 2.07. The third kappa shape index (κ3) is 5.97. The van der Waals surface area contributed by atoms with Crippen LogP contribution in [0.2, 0.25) is 0 Å². The molecule has 0 saturated heterocycles. The van der Waals surface area contributed by atoms with E-state index in [1.807, 2.05) is 49.4 Å². The fourth-order valence-electron chi connectivity index (χ4n) is 2.78. The minimum atomic E-state index is -0.0776. The maximum absolute atomic E-state index is 12.4. The molecule has 5 heteroatoms. The topological polar surface area (TPSA) is 44.8 Å². The number of carbonyl (C=O) groups is 1. The molecule has 0 N–H and O–H groups in total.